The molecular formula is C18H25N3O3. The Hall–Kier alpha value is -2.21. The van der Waals surface area contributed by atoms with E-state index in [0.717, 1.165) is 12.0 Å². The van der Waals surface area contributed by atoms with Gasteiger partial charge in [-0.2, -0.15) is 0 Å². The lowest BCUT2D eigenvalue weighted by atomic mass is 10.1. The smallest absolute Gasteiger partial charge is 0.243 e. The van der Waals surface area contributed by atoms with Gasteiger partial charge in [0.05, 0.1) is 12.5 Å². The minimum Gasteiger partial charge on any atom is -0.392 e. The number of carbonyl (C=O) groups excluding carboxylic acids is 2. The Balaban J connectivity index is 1.88. The average molecular weight is 331 g/mol. The fourth-order valence-corrected chi connectivity index (χ4v) is 2.99. The first-order valence-corrected chi connectivity index (χ1v) is 8.30. The van der Waals surface area contributed by atoms with Gasteiger partial charge in [0.25, 0.3) is 0 Å². The molecule has 0 aliphatic carbocycles. The van der Waals surface area contributed by atoms with Crippen LogP contribution in [0.5, 0.6) is 0 Å². The van der Waals surface area contributed by atoms with Gasteiger partial charge in [0.15, 0.2) is 0 Å². The molecule has 1 fully saturated rings. The van der Waals surface area contributed by atoms with Crippen LogP contribution in [0.25, 0.3) is 0 Å². The third kappa shape index (κ3) is 5.16. The summed E-state index contributed by atoms with van der Waals surface area (Å²) >= 11 is 0. The zero-order valence-electron chi connectivity index (χ0n) is 14.0. The van der Waals surface area contributed by atoms with Crippen molar-refractivity contribution in [3.63, 3.8) is 0 Å². The zero-order valence-corrected chi connectivity index (χ0v) is 14.0. The molecule has 0 radical (unpaired) electrons. The molecule has 0 aromatic heterocycles. The predicted octanol–water partition coefficient (Wildman–Crippen LogP) is 1.47. The molecule has 0 bridgehead atoms. The molecule has 3 N–H and O–H groups in total. The van der Waals surface area contributed by atoms with E-state index >= 15 is 0 Å². The number of amides is 2. The number of likely N-dealkylation sites (tertiary alicyclic amines) is 1. The first-order chi connectivity index (χ1) is 11.5. The Morgan fingerprint density at radius 1 is 1.33 bits per heavy atom. The van der Waals surface area contributed by atoms with Gasteiger partial charge in [0, 0.05) is 25.2 Å². The van der Waals surface area contributed by atoms with Crippen molar-refractivity contribution in [2.24, 2.45) is 0 Å². The molecule has 2 atom stereocenters. The highest BCUT2D eigenvalue weighted by atomic mass is 16.3. The van der Waals surface area contributed by atoms with Gasteiger partial charge in [-0.25, -0.2) is 0 Å². The molecule has 6 heteroatoms. The molecule has 1 unspecified atom stereocenters. The van der Waals surface area contributed by atoms with Gasteiger partial charge in [0.1, 0.15) is 6.04 Å². The molecule has 0 saturated carbocycles. The number of rotatable bonds is 7. The molecule has 0 spiro atoms. The molecule has 1 saturated heterocycles. The standard InChI is InChI=1S/C18H25N3O3/c1-13(19)10-15(22)11-17(23)21-9-5-8-16(21)18(24)20-12-14-6-3-2-4-7-14/h2-4,6-7,15-16,19,22H,5,8-12H2,1H3,(H,20,24)/t15?,16-/m0/s1. The highest BCUT2D eigenvalue weighted by Crippen LogP contribution is 2.19. The SMILES string of the molecule is CC(=N)CC(O)CC(=O)N1CCC[C@H]1C(=O)NCc1ccccc1. The third-order valence-corrected chi connectivity index (χ3v) is 4.14. The van der Waals surface area contributed by atoms with E-state index in [1.54, 1.807) is 11.8 Å². The van der Waals surface area contributed by atoms with Crippen LogP contribution in [0.4, 0.5) is 0 Å². The van der Waals surface area contributed by atoms with Crippen molar-refractivity contribution >= 4 is 17.5 Å². The van der Waals surface area contributed by atoms with E-state index in [4.69, 9.17) is 5.41 Å². The summed E-state index contributed by atoms with van der Waals surface area (Å²) in [6.45, 7) is 2.58. The van der Waals surface area contributed by atoms with Gasteiger partial charge in [-0.3, -0.25) is 9.59 Å². The summed E-state index contributed by atoms with van der Waals surface area (Å²) in [5.41, 5.74) is 1.35. The monoisotopic (exact) mass is 331 g/mol. The van der Waals surface area contributed by atoms with E-state index in [2.05, 4.69) is 5.32 Å². The number of hydrogen-bond donors (Lipinski definition) is 3. The summed E-state index contributed by atoms with van der Waals surface area (Å²) in [5.74, 6) is -0.372. The van der Waals surface area contributed by atoms with Crippen LogP contribution < -0.4 is 5.32 Å². The van der Waals surface area contributed by atoms with Crippen LogP contribution in [-0.4, -0.2) is 46.2 Å². The van der Waals surface area contributed by atoms with E-state index in [1.807, 2.05) is 30.3 Å². The average Bonchev–Trinajstić information content (AvgIpc) is 3.02. The second-order valence-corrected chi connectivity index (χ2v) is 6.29. The molecule has 1 aromatic rings. The van der Waals surface area contributed by atoms with Crippen LogP contribution in [0.2, 0.25) is 0 Å². The molecule has 2 rings (SSSR count). The van der Waals surface area contributed by atoms with E-state index in [-0.39, 0.29) is 24.7 Å². The van der Waals surface area contributed by atoms with Gasteiger partial charge in [-0.05, 0) is 25.3 Å². The number of nitrogens with zero attached hydrogens (tertiary/aromatic N) is 1. The van der Waals surface area contributed by atoms with Gasteiger partial charge in [0.2, 0.25) is 11.8 Å². The molecule has 130 valence electrons. The van der Waals surface area contributed by atoms with Crippen molar-refractivity contribution in [1.82, 2.24) is 10.2 Å². The Morgan fingerprint density at radius 3 is 2.71 bits per heavy atom. The lowest BCUT2D eigenvalue weighted by molar-refractivity contribution is -0.139. The largest absolute Gasteiger partial charge is 0.392 e. The summed E-state index contributed by atoms with van der Waals surface area (Å²) in [7, 11) is 0. The summed E-state index contributed by atoms with van der Waals surface area (Å²) < 4.78 is 0. The quantitative estimate of drug-likeness (QED) is 0.661. The first-order valence-electron chi connectivity index (χ1n) is 8.30. The molecule has 1 aromatic carbocycles. The van der Waals surface area contributed by atoms with Crippen LogP contribution in [0.15, 0.2) is 30.3 Å². The van der Waals surface area contributed by atoms with Crippen LogP contribution in [0.1, 0.15) is 38.2 Å². The van der Waals surface area contributed by atoms with E-state index in [9.17, 15) is 14.7 Å². The maximum absolute atomic E-state index is 12.4. The Morgan fingerprint density at radius 2 is 2.04 bits per heavy atom. The molecule has 1 aliphatic rings. The fourth-order valence-electron chi connectivity index (χ4n) is 2.99. The van der Waals surface area contributed by atoms with Crippen LogP contribution in [0.3, 0.4) is 0 Å². The second kappa shape index (κ2) is 8.59. The first kappa shape index (κ1) is 18.1. The predicted molar refractivity (Wildman–Crippen MR) is 91.7 cm³/mol. The van der Waals surface area contributed by atoms with Gasteiger partial charge in [-0.15, -0.1) is 0 Å². The molecule has 1 heterocycles. The number of hydrogen-bond acceptors (Lipinski definition) is 4. The number of benzene rings is 1. The second-order valence-electron chi connectivity index (χ2n) is 6.29. The maximum atomic E-state index is 12.4. The van der Waals surface area contributed by atoms with Crippen molar-refractivity contribution in [3.05, 3.63) is 35.9 Å². The highest BCUT2D eigenvalue weighted by Gasteiger charge is 2.34. The van der Waals surface area contributed by atoms with Crippen LogP contribution in [0, 0.1) is 5.41 Å². The summed E-state index contributed by atoms with van der Waals surface area (Å²) in [6.07, 6.45) is 0.716. The summed E-state index contributed by atoms with van der Waals surface area (Å²) in [6, 6.07) is 9.17. The van der Waals surface area contributed by atoms with Gasteiger partial charge >= 0.3 is 0 Å². The third-order valence-electron chi connectivity index (χ3n) is 4.14. The Kier molecular flexibility index (Phi) is 6.49. The summed E-state index contributed by atoms with van der Waals surface area (Å²) in [5, 5.41) is 20.1. The van der Waals surface area contributed by atoms with Crippen molar-refractivity contribution in [1.29, 1.82) is 5.41 Å². The van der Waals surface area contributed by atoms with E-state index in [0.29, 0.717) is 25.2 Å². The number of carbonyl (C=O) groups is 2. The van der Waals surface area contributed by atoms with E-state index < -0.39 is 12.1 Å². The minimum absolute atomic E-state index is 0.0430. The minimum atomic E-state index is -0.858. The van der Waals surface area contributed by atoms with Gasteiger partial charge in [-0.1, -0.05) is 30.3 Å². The molecule has 1 aliphatic heterocycles. The van der Waals surface area contributed by atoms with E-state index in [1.165, 1.54) is 0 Å². The molecule has 24 heavy (non-hydrogen) atoms. The molecular weight excluding hydrogens is 306 g/mol. The Labute approximate surface area is 142 Å². The zero-order chi connectivity index (χ0) is 17.5. The number of aliphatic hydroxyl groups excluding tert-OH is 1. The van der Waals surface area contributed by atoms with Gasteiger partial charge < -0.3 is 20.7 Å². The maximum Gasteiger partial charge on any atom is 0.243 e. The van der Waals surface area contributed by atoms with Crippen LogP contribution >= 0.6 is 0 Å². The van der Waals surface area contributed by atoms with Crippen molar-refractivity contribution in [2.75, 3.05) is 6.54 Å². The lowest BCUT2D eigenvalue weighted by Gasteiger charge is -2.25. The number of nitrogens with one attached hydrogen (secondary N) is 2. The summed E-state index contributed by atoms with van der Waals surface area (Å²) in [4.78, 5) is 26.3. The van der Waals surface area contributed by atoms with Crippen LogP contribution in [-0.2, 0) is 16.1 Å². The highest BCUT2D eigenvalue weighted by molar-refractivity contribution is 5.88. The fraction of sp³-hybridized carbons (Fsp3) is 0.500. The molecule has 2 amide bonds. The van der Waals surface area contributed by atoms with Crippen molar-refractivity contribution in [3.8, 4) is 0 Å². The lowest BCUT2D eigenvalue weighted by Crippen LogP contribution is -2.46. The van der Waals surface area contributed by atoms with Crippen molar-refractivity contribution in [2.45, 2.75) is 51.3 Å². The van der Waals surface area contributed by atoms with Crippen molar-refractivity contribution < 1.29 is 14.7 Å². The Bertz CT molecular complexity index is 588. The number of aliphatic hydroxyl groups is 1. The normalized spacial score (nSPS) is 18.2. The molecule has 6 nitrogen and oxygen atoms in total. The topological polar surface area (TPSA) is 93.5 Å².